The first-order valence-corrected chi connectivity index (χ1v) is 9.66. The molecule has 0 fully saturated rings. The molecule has 0 N–H and O–H groups in total. The zero-order valence-electron chi connectivity index (χ0n) is 18.7. The normalized spacial score (nSPS) is 9.38. The minimum Gasteiger partial charge on any atom is -0.324 e. The van der Waals surface area contributed by atoms with Gasteiger partial charge in [-0.15, -0.1) is 24.1 Å². The van der Waals surface area contributed by atoms with Gasteiger partial charge in [-0.3, -0.25) is 12.7 Å². The largest absolute Gasteiger partial charge is 2.00 e. The number of benzene rings is 2. The maximum absolute atomic E-state index is 5.71. The molecule has 2 heteroatoms. The smallest absolute Gasteiger partial charge is 0.324 e. The molecule has 0 bridgehead atoms. The van der Waals surface area contributed by atoms with E-state index in [1.807, 2.05) is 82.3 Å². The summed E-state index contributed by atoms with van der Waals surface area (Å²) in [6, 6.07) is 18.8. The summed E-state index contributed by atoms with van der Waals surface area (Å²) < 4.78 is 0. The van der Waals surface area contributed by atoms with Crippen LogP contribution in [0.1, 0.15) is 68.4 Å². The summed E-state index contributed by atoms with van der Waals surface area (Å²) >= 11 is 0. The van der Waals surface area contributed by atoms with Crippen LogP contribution in [0.25, 0.3) is 18.7 Å². The van der Waals surface area contributed by atoms with Gasteiger partial charge in [0, 0.05) is 0 Å². The number of allylic oxidation sites excluding steroid dienone is 1. The molecule has 2 aromatic rings. The van der Waals surface area contributed by atoms with E-state index in [0.717, 1.165) is 16.0 Å². The second-order valence-corrected chi connectivity index (χ2v) is 5.67. The van der Waals surface area contributed by atoms with Crippen molar-refractivity contribution in [3.05, 3.63) is 76.7 Å². The van der Waals surface area contributed by atoms with Gasteiger partial charge in [0.2, 0.25) is 0 Å². The summed E-state index contributed by atoms with van der Waals surface area (Å²) in [4.78, 5) is 0. The second-order valence-electron chi connectivity index (χ2n) is 5.67. The Morgan fingerprint density at radius 3 is 1.76 bits per heavy atom. The summed E-state index contributed by atoms with van der Waals surface area (Å²) in [6.45, 7) is 22.1. The fraction of sp³-hybridized carbons (Fsp3) is 0.407. The Bertz CT molecular complexity index is 671. The van der Waals surface area contributed by atoms with Gasteiger partial charge in [0.25, 0.3) is 0 Å². The molecule has 0 heterocycles. The van der Waals surface area contributed by atoms with Gasteiger partial charge in [-0.05, 0) is 0 Å². The van der Waals surface area contributed by atoms with E-state index in [0.29, 0.717) is 11.8 Å². The molecule has 2 rings (SSSR count). The van der Waals surface area contributed by atoms with Crippen molar-refractivity contribution in [2.45, 2.75) is 62.8 Å². The van der Waals surface area contributed by atoms with Crippen molar-refractivity contribution >= 4 is 18.7 Å². The molecule has 0 nitrogen and oxygen atoms in total. The Morgan fingerprint density at radius 2 is 1.34 bits per heavy atom. The fourth-order valence-electron chi connectivity index (χ4n) is 1.69. The molecule has 0 aliphatic heterocycles. The predicted molar refractivity (Wildman–Crippen MR) is 126 cm³/mol. The van der Waals surface area contributed by atoms with Crippen LogP contribution >= 0.6 is 0 Å². The molecule has 29 heavy (non-hydrogen) atoms. The van der Waals surface area contributed by atoms with Gasteiger partial charge in [0.15, 0.2) is 0 Å². The molecule has 160 valence electrons. The molecule has 2 aromatic carbocycles. The molecular formula is C27H40W2. The van der Waals surface area contributed by atoms with Crippen molar-refractivity contribution in [2.24, 2.45) is 11.8 Å². The Morgan fingerprint density at radius 1 is 0.828 bits per heavy atom. The van der Waals surface area contributed by atoms with E-state index in [-0.39, 0.29) is 49.6 Å². The predicted octanol–water partition coefficient (Wildman–Crippen LogP) is 6.93. The topological polar surface area (TPSA) is 0 Å². The van der Waals surface area contributed by atoms with E-state index in [1.165, 1.54) is 0 Å². The Kier molecular flexibility index (Phi) is 36.6. The number of rotatable bonds is 3. The minimum atomic E-state index is 0. The third-order valence-corrected chi connectivity index (χ3v) is 2.71. The third-order valence-electron chi connectivity index (χ3n) is 2.71. The van der Waals surface area contributed by atoms with E-state index in [4.69, 9.17) is 6.58 Å². The van der Waals surface area contributed by atoms with Crippen LogP contribution in [-0.2, 0) is 42.1 Å². The molecule has 0 aliphatic rings. The van der Waals surface area contributed by atoms with Crippen molar-refractivity contribution in [2.75, 3.05) is 0 Å². The molecule has 0 amide bonds. The van der Waals surface area contributed by atoms with Crippen molar-refractivity contribution in [3.8, 4) is 0 Å². The third kappa shape index (κ3) is 23.4. The van der Waals surface area contributed by atoms with Crippen LogP contribution in [0.2, 0.25) is 0 Å². The van der Waals surface area contributed by atoms with E-state index in [9.17, 15) is 0 Å². The molecule has 0 unspecified atom stereocenters. The van der Waals surface area contributed by atoms with Crippen LogP contribution < -0.4 is 10.4 Å². The summed E-state index contributed by atoms with van der Waals surface area (Å²) in [6.07, 6.45) is 8.43. The van der Waals surface area contributed by atoms with Crippen molar-refractivity contribution in [1.82, 2.24) is 0 Å². The van der Waals surface area contributed by atoms with Gasteiger partial charge in [-0.25, -0.2) is 24.3 Å². The molecule has 0 atom stereocenters. The summed E-state index contributed by atoms with van der Waals surface area (Å²) in [5.74, 6) is 0.920. The molecule has 0 aromatic heterocycles. The van der Waals surface area contributed by atoms with E-state index in [2.05, 4.69) is 45.9 Å². The van der Waals surface area contributed by atoms with Gasteiger partial charge in [0.1, 0.15) is 0 Å². The summed E-state index contributed by atoms with van der Waals surface area (Å²) in [5.41, 5.74) is 1.10. The Hall–Kier alpha value is -0.703. The SMILES string of the molecule is C.CC.CC.CC(C)[C-]=Cc1[c-]cccc1.[CH-]=c1ccccc1=[C-]C(C)C.[W+2].[W+2]. The van der Waals surface area contributed by atoms with Gasteiger partial charge >= 0.3 is 42.1 Å². The van der Waals surface area contributed by atoms with Crippen LogP contribution in [0.15, 0.2) is 48.5 Å². The van der Waals surface area contributed by atoms with Crippen LogP contribution in [0.3, 0.4) is 0 Å². The van der Waals surface area contributed by atoms with Crippen LogP contribution in [0.4, 0.5) is 0 Å². The van der Waals surface area contributed by atoms with Gasteiger partial charge < -0.3 is 28.2 Å². The molecule has 0 saturated heterocycles. The Balaban J connectivity index is -0.000000104. The molecular weight excluding hydrogens is 692 g/mol. The molecule has 0 saturated carbocycles. The second kappa shape index (κ2) is 27.3. The maximum atomic E-state index is 5.71. The summed E-state index contributed by atoms with van der Waals surface area (Å²) in [7, 11) is 0. The monoisotopic (exact) mass is 732 g/mol. The average molecular weight is 732 g/mol. The molecule has 0 radical (unpaired) electrons. The van der Waals surface area contributed by atoms with Gasteiger partial charge in [0.05, 0.1) is 0 Å². The average Bonchev–Trinajstić information content (AvgIpc) is 2.66. The van der Waals surface area contributed by atoms with E-state index < -0.39 is 0 Å². The number of hydrogen-bond donors (Lipinski definition) is 0. The number of hydrogen-bond acceptors (Lipinski definition) is 0. The van der Waals surface area contributed by atoms with E-state index >= 15 is 0 Å². The van der Waals surface area contributed by atoms with Gasteiger partial charge in [-0.2, -0.15) is 12.1 Å². The van der Waals surface area contributed by atoms with Crippen LogP contribution in [-0.4, -0.2) is 0 Å². The minimum absolute atomic E-state index is 0. The van der Waals surface area contributed by atoms with Crippen LogP contribution in [0.5, 0.6) is 0 Å². The quantitative estimate of drug-likeness (QED) is 0.301. The first kappa shape index (κ1) is 38.8. The van der Waals surface area contributed by atoms with Crippen molar-refractivity contribution < 1.29 is 42.1 Å². The maximum Gasteiger partial charge on any atom is 2.00 e. The zero-order valence-corrected chi connectivity index (χ0v) is 24.6. The van der Waals surface area contributed by atoms with Crippen molar-refractivity contribution in [3.63, 3.8) is 0 Å². The van der Waals surface area contributed by atoms with Crippen molar-refractivity contribution in [1.29, 1.82) is 0 Å². The molecule has 0 aliphatic carbocycles. The van der Waals surface area contributed by atoms with Crippen LogP contribution in [0, 0.1) is 24.0 Å². The van der Waals surface area contributed by atoms with Gasteiger partial charge in [-0.1, -0.05) is 68.7 Å². The standard InChI is InChI=1S/2C11H12.2C2H6.CH4.2W/c1-9(2)8-11-7-5-4-6-10(11)3;1-10(2)8-9-11-6-4-3-5-7-11;2*1-2;;;/h3-7,9H,1-2H3;3-6,9-10H,1-2H3;2*1-2H3;1H4;;/q2*-2;;;;2*+2. The first-order chi connectivity index (χ1) is 12.5. The molecule has 0 spiro atoms. The zero-order chi connectivity index (χ0) is 20.4. The first-order valence-electron chi connectivity index (χ1n) is 9.66. The summed E-state index contributed by atoms with van der Waals surface area (Å²) in [5, 5.41) is 1.82. The fourth-order valence-corrected chi connectivity index (χ4v) is 1.69. The Labute approximate surface area is 211 Å². The van der Waals surface area contributed by atoms with E-state index in [1.54, 1.807) is 0 Å².